The van der Waals surface area contributed by atoms with Crippen molar-refractivity contribution in [3.63, 3.8) is 0 Å². The normalized spacial score (nSPS) is 23.8. The van der Waals surface area contributed by atoms with E-state index < -0.39 is 6.10 Å². The van der Waals surface area contributed by atoms with Gasteiger partial charge >= 0.3 is 0 Å². The molecule has 4 heteroatoms. The second-order valence-corrected chi connectivity index (χ2v) is 5.25. The third-order valence-electron chi connectivity index (χ3n) is 3.54. The van der Waals surface area contributed by atoms with Gasteiger partial charge < -0.3 is 10.0 Å². The van der Waals surface area contributed by atoms with E-state index in [0.717, 1.165) is 17.5 Å². The van der Waals surface area contributed by atoms with Crippen molar-refractivity contribution in [1.82, 2.24) is 9.88 Å². The van der Waals surface area contributed by atoms with Crippen LogP contribution < -0.4 is 0 Å². The summed E-state index contributed by atoms with van der Waals surface area (Å²) in [5, 5.41) is 9.79. The third-order valence-corrected chi connectivity index (χ3v) is 3.54. The van der Waals surface area contributed by atoms with Gasteiger partial charge in [-0.2, -0.15) is 0 Å². The Hall–Kier alpha value is -1.68. The molecule has 102 valence electrons. The Morgan fingerprint density at radius 3 is 3.00 bits per heavy atom. The van der Waals surface area contributed by atoms with Crippen molar-refractivity contribution in [2.45, 2.75) is 26.4 Å². The number of carbonyl (C=O) groups excluding carboxylic acids is 1. The van der Waals surface area contributed by atoms with E-state index in [-0.39, 0.29) is 11.8 Å². The molecule has 19 heavy (non-hydrogen) atoms. The number of carbonyl (C=O) groups is 1. The SMILES string of the molecule is Cc1cncc(/C=C/C(=O)N2CCC(C)C(O)C2)c1. The Morgan fingerprint density at radius 2 is 2.32 bits per heavy atom. The van der Waals surface area contributed by atoms with Gasteiger partial charge in [0, 0.05) is 31.6 Å². The maximum Gasteiger partial charge on any atom is 0.246 e. The van der Waals surface area contributed by atoms with Gasteiger partial charge in [-0.3, -0.25) is 9.78 Å². The molecular weight excluding hydrogens is 240 g/mol. The van der Waals surface area contributed by atoms with E-state index in [4.69, 9.17) is 0 Å². The minimum atomic E-state index is -0.410. The fourth-order valence-electron chi connectivity index (χ4n) is 2.19. The van der Waals surface area contributed by atoms with Crippen molar-refractivity contribution in [2.24, 2.45) is 5.92 Å². The number of aliphatic hydroxyl groups is 1. The molecule has 1 aromatic rings. The molecule has 1 aromatic heterocycles. The maximum absolute atomic E-state index is 12.0. The number of aromatic nitrogens is 1. The van der Waals surface area contributed by atoms with E-state index in [1.165, 1.54) is 0 Å². The molecule has 1 aliphatic heterocycles. The molecule has 1 amide bonds. The van der Waals surface area contributed by atoms with Gasteiger partial charge in [0.1, 0.15) is 0 Å². The standard InChI is InChI=1S/C15H20N2O2/c1-11-7-13(9-16-8-11)3-4-15(19)17-6-5-12(2)14(18)10-17/h3-4,7-9,12,14,18H,5-6,10H2,1-2H3/b4-3+. The molecule has 1 N–H and O–H groups in total. The van der Waals surface area contributed by atoms with Crippen LogP contribution in [0.1, 0.15) is 24.5 Å². The lowest BCUT2D eigenvalue weighted by Crippen LogP contribution is -2.45. The average Bonchev–Trinajstić information content (AvgIpc) is 2.39. The van der Waals surface area contributed by atoms with Crippen LogP contribution in [-0.2, 0) is 4.79 Å². The van der Waals surface area contributed by atoms with Crippen LogP contribution in [0.2, 0.25) is 0 Å². The molecule has 0 bridgehead atoms. The molecule has 2 unspecified atom stereocenters. The van der Waals surface area contributed by atoms with Gasteiger partial charge in [0.05, 0.1) is 6.10 Å². The van der Waals surface area contributed by atoms with Gasteiger partial charge in [-0.25, -0.2) is 0 Å². The monoisotopic (exact) mass is 260 g/mol. The summed E-state index contributed by atoms with van der Waals surface area (Å²) in [5.74, 6) is 0.224. The van der Waals surface area contributed by atoms with E-state index in [1.807, 2.05) is 19.9 Å². The zero-order valence-electron chi connectivity index (χ0n) is 11.4. The second kappa shape index (κ2) is 5.97. The number of amides is 1. The highest BCUT2D eigenvalue weighted by Crippen LogP contribution is 2.17. The van der Waals surface area contributed by atoms with Crippen LogP contribution in [0.25, 0.3) is 6.08 Å². The van der Waals surface area contributed by atoms with E-state index >= 15 is 0 Å². The zero-order chi connectivity index (χ0) is 13.8. The van der Waals surface area contributed by atoms with Gasteiger partial charge in [-0.1, -0.05) is 6.92 Å². The average molecular weight is 260 g/mol. The molecule has 0 saturated carbocycles. The molecular formula is C15H20N2O2. The smallest absolute Gasteiger partial charge is 0.246 e. The van der Waals surface area contributed by atoms with Crippen LogP contribution in [0.4, 0.5) is 0 Å². The number of piperidine rings is 1. The quantitative estimate of drug-likeness (QED) is 0.822. The van der Waals surface area contributed by atoms with Crippen LogP contribution in [0.15, 0.2) is 24.5 Å². The van der Waals surface area contributed by atoms with Crippen LogP contribution in [0.5, 0.6) is 0 Å². The molecule has 1 aliphatic rings. The summed E-state index contributed by atoms with van der Waals surface area (Å²) in [5.41, 5.74) is 1.98. The second-order valence-electron chi connectivity index (χ2n) is 5.25. The highest BCUT2D eigenvalue weighted by molar-refractivity contribution is 5.91. The Bertz CT molecular complexity index is 485. The number of hydrogen-bond donors (Lipinski definition) is 1. The highest BCUT2D eigenvalue weighted by Gasteiger charge is 2.25. The molecule has 2 heterocycles. The summed E-state index contributed by atoms with van der Waals surface area (Å²) < 4.78 is 0. The number of hydrogen-bond acceptors (Lipinski definition) is 3. The fourth-order valence-corrected chi connectivity index (χ4v) is 2.19. The minimum absolute atomic E-state index is 0.0487. The molecule has 2 rings (SSSR count). The van der Waals surface area contributed by atoms with Crippen LogP contribution >= 0.6 is 0 Å². The van der Waals surface area contributed by atoms with E-state index in [0.29, 0.717) is 13.1 Å². The summed E-state index contributed by atoms with van der Waals surface area (Å²) in [6.07, 6.45) is 7.27. The topological polar surface area (TPSA) is 53.4 Å². The van der Waals surface area contributed by atoms with Crippen molar-refractivity contribution in [1.29, 1.82) is 0 Å². The van der Waals surface area contributed by atoms with Crippen molar-refractivity contribution in [2.75, 3.05) is 13.1 Å². The first-order valence-corrected chi connectivity index (χ1v) is 6.63. The first-order chi connectivity index (χ1) is 9.06. The molecule has 1 saturated heterocycles. The van der Waals surface area contributed by atoms with E-state index in [1.54, 1.807) is 29.4 Å². The predicted molar refractivity (Wildman–Crippen MR) is 74.4 cm³/mol. The number of aliphatic hydroxyl groups excluding tert-OH is 1. The third kappa shape index (κ3) is 3.64. The fraction of sp³-hybridized carbons (Fsp3) is 0.467. The number of aryl methyl sites for hydroxylation is 1. The summed E-state index contributed by atoms with van der Waals surface area (Å²) in [4.78, 5) is 17.8. The number of nitrogens with zero attached hydrogens (tertiary/aromatic N) is 2. The first-order valence-electron chi connectivity index (χ1n) is 6.63. The summed E-state index contributed by atoms with van der Waals surface area (Å²) in [7, 11) is 0. The summed E-state index contributed by atoms with van der Waals surface area (Å²) >= 11 is 0. The number of β-amino-alcohol motifs (C(OH)–C–C–N with tert-alkyl or cyclic N) is 1. The molecule has 0 radical (unpaired) electrons. The summed E-state index contributed by atoms with van der Waals surface area (Å²) in [6, 6.07) is 1.98. The zero-order valence-corrected chi connectivity index (χ0v) is 11.4. The van der Waals surface area contributed by atoms with Gasteiger partial charge in [0.15, 0.2) is 0 Å². The Morgan fingerprint density at radius 1 is 1.53 bits per heavy atom. The molecule has 0 aliphatic carbocycles. The predicted octanol–water partition coefficient (Wildman–Crippen LogP) is 1.63. The first kappa shape index (κ1) is 13.7. The van der Waals surface area contributed by atoms with Crippen molar-refractivity contribution >= 4 is 12.0 Å². The Kier molecular flexibility index (Phi) is 4.32. The Balaban J connectivity index is 1.97. The van der Waals surface area contributed by atoms with Crippen molar-refractivity contribution < 1.29 is 9.90 Å². The molecule has 1 fully saturated rings. The van der Waals surface area contributed by atoms with Crippen molar-refractivity contribution in [3.05, 3.63) is 35.7 Å². The molecule has 2 atom stereocenters. The summed E-state index contributed by atoms with van der Waals surface area (Å²) in [6.45, 7) is 5.12. The van der Waals surface area contributed by atoms with Crippen LogP contribution in [0.3, 0.4) is 0 Å². The lowest BCUT2D eigenvalue weighted by molar-refractivity contribution is -0.130. The largest absolute Gasteiger partial charge is 0.391 e. The Labute approximate surface area is 113 Å². The van der Waals surface area contributed by atoms with E-state index in [2.05, 4.69) is 4.98 Å². The van der Waals surface area contributed by atoms with Gasteiger partial charge in [-0.05, 0) is 42.5 Å². The number of rotatable bonds is 2. The number of pyridine rings is 1. The molecule has 0 spiro atoms. The highest BCUT2D eigenvalue weighted by atomic mass is 16.3. The lowest BCUT2D eigenvalue weighted by atomic mass is 9.96. The molecule has 0 aromatic carbocycles. The van der Waals surface area contributed by atoms with Crippen LogP contribution in [-0.4, -0.2) is 40.1 Å². The van der Waals surface area contributed by atoms with Gasteiger partial charge in [0.25, 0.3) is 0 Å². The van der Waals surface area contributed by atoms with Crippen molar-refractivity contribution in [3.8, 4) is 0 Å². The van der Waals surface area contributed by atoms with Crippen LogP contribution in [0, 0.1) is 12.8 Å². The number of likely N-dealkylation sites (tertiary alicyclic amines) is 1. The minimum Gasteiger partial charge on any atom is -0.391 e. The maximum atomic E-state index is 12.0. The van der Waals surface area contributed by atoms with Gasteiger partial charge in [-0.15, -0.1) is 0 Å². The van der Waals surface area contributed by atoms with Gasteiger partial charge in [0.2, 0.25) is 5.91 Å². The lowest BCUT2D eigenvalue weighted by Gasteiger charge is -2.33. The van der Waals surface area contributed by atoms with E-state index in [9.17, 15) is 9.90 Å². The molecule has 4 nitrogen and oxygen atoms in total.